The van der Waals surface area contributed by atoms with E-state index in [9.17, 15) is 14.4 Å². The molecular formula is C25H25N3O3. The molecule has 6 heteroatoms. The van der Waals surface area contributed by atoms with Crippen molar-refractivity contribution >= 4 is 34.1 Å². The van der Waals surface area contributed by atoms with Crippen LogP contribution < -0.4 is 15.8 Å². The highest BCUT2D eigenvalue weighted by Gasteiger charge is 2.35. The Kier molecular flexibility index (Phi) is 4.65. The van der Waals surface area contributed by atoms with Crippen LogP contribution in [-0.4, -0.2) is 23.3 Å². The summed E-state index contributed by atoms with van der Waals surface area (Å²) in [5, 5.41) is 3.98. The van der Waals surface area contributed by atoms with E-state index in [1.807, 2.05) is 50.2 Å². The number of aromatic amines is 1. The Bertz CT molecular complexity index is 1290. The van der Waals surface area contributed by atoms with Crippen molar-refractivity contribution < 1.29 is 9.59 Å². The summed E-state index contributed by atoms with van der Waals surface area (Å²) in [4.78, 5) is 42.4. The van der Waals surface area contributed by atoms with Gasteiger partial charge in [-0.3, -0.25) is 14.4 Å². The monoisotopic (exact) mass is 415 g/mol. The zero-order valence-corrected chi connectivity index (χ0v) is 17.7. The van der Waals surface area contributed by atoms with Crippen molar-refractivity contribution in [1.29, 1.82) is 0 Å². The van der Waals surface area contributed by atoms with E-state index in [2.05, 4.69) is 10.3 Å². The lowest BCUT2D eigenvalue weighted by atomic mass is 10.0. The van der Waals surface area contributed by atoms with Crippen LogP contribution in [0.1, 0.15) is 35.1 Å². The highest BCUT2D eigenvalue weighted by molar-refractivity contribution is 6.04. The number of nitrogens with one attached hydrogen (secondary N) is 2. The molecule has 0 spiro atoms. The molecular weight excluding hydrogens is 390 g/mol. The molecule has 2 aromatic carbocycles. The van der Waals surface area contributed by atoms with Gasteiger partial charge in [0.15, 0.2) is 0 Å². The number of aromatic nitrogens is 1. The van der Waals surface area contributed by atoms with Gasteiger partial charge in [0.2, 0.25) is 11.8 Å². The van der Waals surface area contributed by atoms with Crippen molar-refractivity contribution in [2.24, 2.45) is 5.92 Å². The number of nitrogens with zero attached hydrogens (tertiary/aromatic N) is 1. The number of fused-ring (bicyclic) bond motifs is 3. The van der Waals surface area contributed by atoms with Crippen molar-refractivity contribution in [3.63, 3.8) is 0 Å². The molecule has 2 aliphatic rings. The van der Waals surface area contributed by atoms with E-state index in [1.165, 1.54) is 5.56 Å². The Morgan fingerprint density at radius 2 is 1.84 bits per heavy atom. The number of amides is 2. The molecule has 0 bridgehead atoms. The van der Waals surface area contributed by atoms with Gasteiger partial charge < -0.3 is 15.2 Å². The van der Waals surface area contributed by atoms with E-state index in [0.29, 0.717) is 12.2 Å². The fourth-order valence-electron chi connectivity index (χ4n) is 4.75. The van der Waals surface area contributed by atoms with Gasteiger partial charge in [0.1, 0.15) is 0 Å². The third-order valence-electron chi connectivity index (χ3n) is 6.65. The highest BCUT2D eigenvalue weighted by Crippen LogP contribution is 2.30. The van der Waals surface area contributed by atoms with Gasteiger partial charge in [-0.15, -0.1) is 0 Å². The molecule has 158 valence electrons. The largest absolute Gasteiger partial charge is 0.326 e. The predicted molar refractivity (Wildman–Crippen MR) is 122 cm³/mol. The number of hydrogen-bond donors (Lipinski definition) is 2. The minimum absolute atomic E-state index is 0.0334. The van der Waals surface area contributed by atoms with E-state index < -0.39 is 5.92 Å². The van der Waals surface area contributed by atoms with Crippen LogP contribution in [0.25, 0.3) is 10.9 Å². The van der Waals surface area contributed by atoms with E-state index in [-0.39, 0.29) is 23.8 Å². The first-order chi connectivity index (χ1) is 14.9. The predicted octanol–water partition coefficient (Wildman–Crippen LogP) is 3.63. The van der Waals surface area contributed by atoms with E-state index in [4.69, 9.17) is 0 Å². The number of rotatable bonds is 3. The lowest BCUT2D eigenvalue weighted by Crippen LogP contribution is -2.28. The smallest absolute Gasteiger partial charge is 0.251 e. The van der Waals surface area contributed by atoms with Crippen molar-refractivity contribution in [3.8, 4) is 0 Å². The van der Waals surface area contributed by atoms with Crippen molar-refractivity contribution in [3.05, 3.63) is 69.0 Å². The van der Waals surface area contributed by atoms with Crippen LogP contribution >= 0.6 is 0 Å². The Morgan fingerprint density at radius 1 is 1.03 bits per heavy atom. The van der Waals surface area contributed by atoms with Crippen LogP contribution in [-0.2, 0) is 22.4 Å². The second-order valence-corrected chi connectivity index (χ2v) is 8.69. The number of H-pyrrole nitrogens is 1. The molecule has 1 aliphatic carbocycles. The fourth-order valence-corrected chi connectivity index (χ4v) is 4.75. The quantitative estimate of drug-likeness (QED) is 0.685. The maximum Gasteiger partial charge on any atom is 0.251 e. The molecule has 1 unspecified atom stereocenters. The standard InChI is InChI=1S/C25H25N3O3/c1-14-6-8-18(10-15(14)2)28-13-16(11-23(28)29)24(30)26-17-7-9-20-19-4-3-5-21(19)25(31)27-22(20)12-17/h6-10,12,16H,3-5,11,13H2,1-2H3,(H,26,30)(H,27,31). The third kappa shape index (κ3) is 3.42. The lowest BCUT2D eigenvalue weighted by Gasteiger charge is -2.18. The first kappa shape index (κ1) is 19.5. The van der Waals surface area contributed by atoms with Crippen LogP contribution in [0, 0.1) is 19.8 Å². The Labute approximate surface area is 180 Å². The summed E-state index contributed by atoms with van der Waals surface area (Å²) in [6.07, 6.45) is 2.94. The molecule has 1 saturated heterocycles. The summed E-state index contributed by atoms with van der Waals surface area (Å²) in [5.41, 5.74) is 6.47. The Morgan fingerprint density at radius 3 is 2.65 bits per heavy atom. The number of carbonyl (C=O) groups excluding carboxylic acids is 2. The Balaban J connectivity index is 1.35. The zero-order valence-electron chi connectivity index (χ0n) is 17.7. The number of hydrogen-bond acceptors (Lipinski definition) is 3. The highest BCUT2D eigenvalue weighted by atomic mass is 16.2. The van der Waals surface area contributed by atoms with Gasteiger partial charge in [0.25, 0.3) is 5.56 Å². The van der Waals surface area contributed by atoms with Crippen molar-refractivity contribution in [2.45, 2.75) is 39.5 Å². The van der Waals surface area contributed by atoms with Crippen LogP contribution in [0.3, 0.4) is 0 Å². The molecule has 3 aromatic rings. The molecule has 2 N–H and O–H groups in total. The first-order valence-corrected chi connectivity index (χ1v) is 10.8. The van der Waals surface area contributed by atoms with Gasteiger partial charge in [0, 0.05) is 35.3 Å². The second-order valence-electron chi connectivity index (χ2n) is 8.69. The molecule has 0 saturated carbocycles. The summed E-state index contributed by atoms with van der Waals surface area (Å²) >= 11 is 0. The minimum atomic E-state index is -0.413. The first-order valence-electron chi connectivity index (χ1n) is 10.8. The molecule has 6 nitrogen and oxygen atoms in total. The molecule has 1 aliphatic heterocycles. The maximum atomic E-state index is 12.9. The molecule has 0 radical (unpaired) electrons. The van der Waals surface area contributed by atoms with E-state index in [0.717, 1.165) is 52.5 Å². The number of carbonyl (C=O) groups is 2. The van der Waals surface area contributed by atoms with Gasteiger partial charge >= 0.3 is 0 Å². The molecule has 2 heterocycles. The SMILES string of the molecule is Cc1ccc(N2CC(C(=O)Nc3ccc4c5c(c(=O)[nH]c4c3)CCC5)CC2=O)cc1C. The number of pyridine rings is 1. The van der Waals surface area contributed by atoms with Gasteiger partial charge in [-0.2, -0.15) is 0 Å². The van der Waals surface area contributed by atoms with E-state index in [1.54, 1.807) is 4.90 Å². The molecule has 2 amide bonds. The molecule has 1 aromatic heterocycles. The summed E-state index contributed by atoms with van der Waals surface area (Å²) in [6, 6.07) is 11.6. The maximum absolute atomic E-state index is 12.9. The minimum Gasteiger partial charge on any atom is -0.326 e. The molecule has 1 fully saturated rings. The van der Waals surface area contributed by atoms with Crippen molar-refractivity contribution in [1.82, 2.24) is 4.98 Å². The molecule has 31 heavy (non-hydrogen) atoms. The normalized spacial score (nSPS) is 17.9. The van der Waals surface area contributed by atoms with E-state index >= 15 is 0 Å². The molecule has 1 atom stereocenters. The second kappa shape index (κ2) is 7.38. The molecule has 5 rings (SSSR count). The van der Waals surface area contributed by atoms with Crippen LogP contribution in [0.2, 0.25) is 0 Å². The average molecular weight is 415 g/mol. The number of anilines is 2. The van der Waals surface area contributed by atoms with Gasteiger partial charge in [-0.1, -0.05) is 12.1 Å². The fraction of sp³-hybridized carbons (Fsp3) is 0.320. The Hall–Kier alpha value is -3.41. The lowest BCUT2D eigenvalue weighted by molar-refractivity contribution is -0.122. The summed E-state index contributed by atoms with van der Waals surface area (Å²) in [5.74, 6) is -0.631. The van der Waals surface area contributed by atoms with Gasteiger partial charge in [-0.25, -0.2) is 0 Å². The zero-order chi connectivity index (χ0) is 21.7. The van der Waals surface area contributed by atoms with Crippen molar-refractivity contribution in [2.75, 3.05) is 16.8 Å². The van der Waals surface area contributed by atoms with Crippen LogP contribution in [0.15, 0.2) is 41.2 Å². The van der Waals surface area contributed by atoms with Gasteiger partial charge in [0.05, 0.1) is 11.4 Å². The summed E-state index contributed by atoms with van der Waals surface area (Å²) in [7, 11) is 0. The summed E-state index contributed by atoms with van der Waals surface area (Å²) in [6.45, 7) is 4.42. The number of benzene rings is 2. The van der Waals surface area contributed by atoms with Crippen LogP contribution in [0.5, 0.6) is 0 Å². The number of aryl methyl sites for hydroxylation is 3. The topological polar surface area (TPSA) is 82.3 Å². The average Bonchev–Trinajstić information content (AvgIpc) is 3.38. The van der Waals surface area contributed by atoms with Gasteiger partial charge in [-0.05, 0) is 74.1 Å². The van der Waals surface area contributed by atoms with Crippen LogP contribution in [0.4, 0.5) is 11.4 Å². The third-order valence-corrected chi connectivity index (χ3v) is 6.65. The summed E-state index contributed by atoms with van der Waals surface area (Å²) < 4.78 is 0.